The second-order valence-electron chi connectivity index (χ2n) is 7.37. The molecule has 2 amide bonds. The van der Waals surface area contributed by atoms with Gasteiger partial charge in [0.1, 0.15) is 0 Å². The molecule has 2 aromatic carbocycles. The first kappa shape index (κ1) is 21.8. The van der Waals surface area contributed by atoms with Crippen LogP contribution in [0.5, 0.6) is 0 Å². The lowest BCUT2D eigenvalue weighted by Gasteiger charge is -2.35. The van der Waals surface area contributed by atoms with Crippen molar-refractivity contribution in [3.05, 3.63) is 59.7 Å². The van der Waals surface area contributed by atoms with E-state index in [1.54, 1.807) is 11.0 Å². The lowest BCUT2D eigenvalue weighted by atomic mass is 10.1. The number of benzene rings is 2. The van der Waals surface area contributed by atoms with Gasteiger partial charge in [0.25, 0.3) is 5.91 Å². The van der Waals surface area contributed by atoms with E-state index in [9.17, 15) is 18.0 Å². The molecule has 30 heavy (non-hydrogen) atoms. The lowest BCUT2D eigenvalue weighted by molar-refractivity contribution is -0.114. The summed E-state index contributed by atoms with van der Waals surface area (Å²) in [4.78, 5) is 28.5. The maximum Gasteiger partial charge on any atom is 0.256 e. The molecule has 0 saturated carbocycles. The van der Waals surface area contributed by atoms with E-state index in [1.807, 2.05) is 18.2 Å². The topological polar surface area (TPSA) is 98.8 Å². The first-order chi connectivity index (χ1) is 14.2. The van der Waals surface area contributed by atoms with Gasteiger partial charge in [0, 0.05) is 45.3 Å². The average molecular weight is 431 g/mol. The summed E-state index contributed by atoms with van der Waals surface area (Å²) in [7, 11) is -3.56. The van der Waals surface area contributed by atoms with Crippen LogP contribution in [0, 0.1) is 0 Å². The normalized spacial score (nSPS) is 14.9. The standard InChI is InChI=1S/C21H26N4O4S/c1-16(26)22-18-8-9-20(23-30(2,28)29)19(14-18)21(27)25-12-10-24(11-13-25)15-17-6-4-3-5-7-17/h3-9,14,23H,10-13,15H2,1-2H3,(H,22,26). The highest BCUT2D eigenvalue weighted by atomic mass is 32.2. The van der Waals surface area contributed by atoms with Crippen molar-refractivity contribution in [3.8, 4) is 0 Å². The van der Waals surface area contributed by atoms with Crippen molar-refractivity contribution in [1.29, 1.82) is 0 Å². The van der Waals surface area contributed by atoms with E-state index in [4.69, 9.17) is 0 Å². The van der Waals surface area contributed by atoms with Crippen molar-refractivity contribution in [1.82, 2.24) is 9.80 Å². The number of piperazine rings is 1. The van der Waals surface area contributed by atoms with Gasteiger partial charge in [0.15, 0.2) is 0 Å². The third-order valence-corrected chi connectivity index (χ3v) is 5.36. The first-order valence-corrected chi connectivity index (χ1v) is 11.6. The fourth-order valence-electron chi connectivity index (χ4n) is 3.41. The predicted octanol–water partition coefficient (Wildman–Crippen LogP) is 1.97. The molecular formula is C21H26N4O4S. The predicted molar refractivity (Wildman–Crippen MR) is 117 cm³/mol. The van der Waals surface area contributed by atoms with Crippen LogP contribution in [0.3, 0.4) is 0 Å². The zero-order valence-corrected chi connectivity index (χ0v) is 17.9. The zero-order chi connectivity index (χ0) is 21.7. The number of amides is 2. The average Bonchev–Trinajstić information content (AvgIpc) is 2.68. The van der Waals surface area contributed by atoms with Gasteiger partial charge in [-0.05, 0) is 23.8 Å². The molecule has 2 aromatic rings. The summed E-state index contributed by atoms with van der Waals surface area (Å²) < 4.78 is 25.8. The number of hydrogen-bond donors (Lipinski definition) is 2. The summed E-state index contributed by atoms with van der Waals surface area (Å²) >= 11 is 0. The maximum atomic E-state index is 13.2. The van der Waals surface area contributed by atoms with E-state index < -0.39 is 10.0 Å². The maximum absolute atomic E-state index is 13.2. The smallest absolute Gasteiger partial charge is 0.256 e. The molecule has 0 aliphatic carbocycles. The molecule has 1 heterocycles. The molecule has 0 unspecified atom stereocenters. The van der Waals surface area contributed by atoms with E-state index in [2.05, 4.69) is 27.1 Å². The molecule has 9 heteroatoms. The Balaban J connectivity index is 1.74. The van der Waals surface area contributed by atoms with Crippen LogP contribution in [0.2, 0.25) is 0 Å². The van der Waals surface area contributed by atoms with Gasteiger partial charge in [0.2, 0.25) is 15.9 Å². The number of carbonyl (C=O) groups is 2. The zero-order valence-electron chi connectivity index (χ0n) is 17.1. The summed E-state index contributed by atoms with van der Waals surface area (Å²) in [5.41, 5.74) is 2.07. The van der Waals surface area contributed by atoms with Crippen molar-refractivity contribution in [2.24, 2.45) is 0 Å². The summed E-state index contributed by atoms with van der Waals surface area (Å²) in [5.74, 6) is -0.542. The fourth-order valence-corrected chi connectivity index (χ4v) is 3.99. The van der Waals surface area contributed by atoms with Crippen molar-refractivity contribution in [2.45, 2.75) is 13.5 Å². The second-order valence-corrected chi connectivity index (χ2v) is 9.12. The Kier molecular flexibility index (Phi) is 6.73. The second kappa shape index (κ2) is 9.27. The van der Waals surface area contributed by atoms with Crippen LogP contribution in [0.4, 0.5) is 11.4 Å². The number of carbonyl (C=O) groups excluding carboxylic acids is 2. The quantitative estimate of drug-likeness (QED) is 0.730. The van der Waals surface area contributed by atoms with Crippen LogP contribution >= 0.6 is 0 Å². The van der Waals surface area contributed by atoms with Crippen LogP contribution < -0.4 is 10.0 Å². The monoisotopic (exact) mass is 430 g/mol. The molecule has 0 radical (unpaired) electrons. The van der Waals surface area contributed by atoms with Crippen LogP contribution in [0.15, 0.2) is 48.5 Å². The van der Waals surface area contributed by atoms with E-state index in [0.717, 1.165) is 25.9 Å². The molecule has 1 aliphatic heterocycles. The highest BCUT2D eigenvalue weighted by molar-refractivity contribution is 7.92. The number of anilines is 2. The van der Waals surface area contributed by atoms with Gasteiger partial charge < -0.3 is 10.2 Å². The summed E-state index contributed by atoms with van der Waals surface area (Å²) in [5, 5.41) is 2.63. The van der Waals surface area contributed by atoms with E-state index in [0.29, 0.717) is 18.8 Å². The summed E-state index contributed by atoms with van der Waals surface area (Å²) in [6.45, 7) is 4.71. The van der Waals surface area contributed by atoms with Gasteiger partial charge in [-0.25, -0.2) is 8.42 Å². The SMILES string of the molecule is CC(=O)Nc1ccc(NS(C)(=O)=O)c(C(=O)N2CCN(Cc3ccccc3)CC2)c1. The molecule has 8 nitrogen and oxygen atoms in total. The van der Waals surface area contributed by atoms with Gasteiger partial charge in [-0.15, -0.1) is 0 Å². The van der Waals surface area contributed by atoms with Crippen LogP contribution in [0.1, 0.15) is 22.8 Å². The Morgan fingerprint density at radius 3 is 2.27 bits per heavy atom. The molecule has 160 valence electrons. The number of hydrogen-bond acceptors (Lipinski definition) is 5. The van der Waals surface area contributed by atoms with E-state index >= 15 is 0 Å². The Labute approximate surface area is 176 Å². The van der Waals surface area contributed by atoms with Crippen LogP contribution in [0.25, 0.3) is 0 Å². The molecule has 0 bridgehead atoms. The van der Waals surface area contributed by atoms with Gasteiger partial charge >= 0.3 is 0 Å². The Morgan fingerprint density at radius 1 is 1.00 bits per heavy atom. The van der Waals surface area contributed by atoms with Crippen LogP contribution in [-0.4, -0.2) is 62.5 Å². The number of sulfonamides is 1. The largest absolute Gasteiger partial charge is 0.336 e. The van der Waals surface area contributed by atoms with Crippen molar-refractivity contribution in [3.63, 3.8) is 0 Å². The van der Waals surface area contributed by atoms with E-state index in [1.165, 1.54) is 24.6 Å². The van der Waals surface area contributed by atoms with Gasteiger partial charge in [-0.2, -0.15) is 0 Å². The highest BCUT2D eigenvalue weighted by Crippen LogP contribution is 2.24. The Morgan fingerprint density at radius 2 is 1.67 bits per heavy atom. The van der Waals surface area contributed by atoms with Gasteiger partial charge in [0.05, 0.1) is 17.5 Å². The highest BCUT2D eigenvalue weighted by Gasteiger charge is 2.25. The third kappa shape index (κ3) is 6.04. The molecular weight excluding hydrogens is 404 g/mol. The molecule has 0 aromatic heterocycles. The van der Waals surface area contributed by atoms with Crippen molar-refractivity contribution in [2.75, 3.05) is 42.5 Å². The van der Waals surface area contributed by atoms with Crippen LogP contribution in [-0.2, 0) is 21.4 Å². The molecule has 3 rings (SSSR count). The minimum Gasteiger partial charge on any atom is -0.336 e. The van der Waals surface area contributed by atoms with E-state index in [-0.39, 0.29) is 23.1 Å². The number of nitrogens with zero attached hydrogens (tertiary/aromatic N) is 2. The van der Waals surface area contributed by atoms with Crippen molar-refractivity contribution < 1.29 is 18.0 Å². The molecule has 2 N–H and O–H groups in total. The molecule has 1 fully saturated rings. The fraction of sp³-hybridized carbons (Fsp3) is 0.333. The van der Waals surface area contributed by atoms with Crippen molar-refractivity contribution >= 4 is 33.2 Å². The Hall–Kier alpha value is -2.91. The van der Waals surface area contributed by atoms with Gasteiger partial charge in [-0.1, -0.05) is 30.3 Å². The molecule has 1 saturated heterocycles. The minimum absolute atomic E-state index is 0.198. The number of nitrogens with one attached hydrogen (secondary N) is 2. The summed E-state index contributed by atoms with van der Waals surface area (Å²) in [6, 6.07) is 14.7. The number of rotatable bonds is 6. The lowest BCUT2D eigenvalue weighted by Crippen LogP contribution is -2.48. The summed E-state index contributed by atoms with van der Waals surface area (Å²) in [6.07, 6.45) is 1.03. The first-order valence-electron chi connectivity index (χ1n) is 9.66. The minimum atomic E-state index is -3.56. The molecule has 0 spiro atoms. The third-order valence-electron chi connectivity index (χ3n) is 4.77. The molecule has 1 aliphatic rings. The van der Waals surface area contributed by atoms with Gasteiger partial charge in [-0.3, -0.25) is 19.2 Å². The molecule has 0 atom stereocenters. The Bertz CT molecular complexity index is 1020.